The maximum atomic E-state index is 14.0. The summed E-state index contributed by atoms with van der Waals surface area (Å²) in [4.78, 5) is 0. The van der Waals surface area contributed by atoms with E-state index >= 15 is 0 Å². The molecule has 0 amide bonds. The molecule has 1 atom stereocenters. The molecule has 0 fully saturated rings. The first kappa shape index (κ1) is 12.9. The fraction of sp³-hybridized carbons (Fsp3) is 0.176. The molecular formula is C17H15FO2. The number of rotatable bonds is 3. The van der Waals surface area contributed by atoms with E-state index in [1.54, 1.807) is 31.2 Å². The second-order valence-electron chi connectivity index (χ2n) is 4.84. The fourth-order valence-corrected chi connectivity index (χ4v) is 2.48. The zero-order valence-corrected chi connectivity index (χ0v) is 11.1. The molecule has 1 N–H and O–H groups in total. The van der Waals surface area contributed by atoms with E-state index in [1.807, 2.05) is 24.3 Å². The lowest BCUT2D eigenvalue weighted by Crippen LogP contribution is -2.27. The van der Waals surface area contributed by atoms with Gasteiger partial charge < -0.3 is 9.52 Å². The lowest BCUT2D eigenvalue weighted by Gasteiger charge is -2.25. The van der Waals surface area contributed by atoms with Gasteiger partial charge >= 0.3 is 0 Å². The van der Waals surface area contributed by atoms with Crippen molar-refractivity contribution in [2.75, 3.05) is 0 Å². The SMILES string of the molecule is CCC(O)(c1cc2ccccc2o1)c1ccccc1F. The molecule has 0 spiro atoms. The topological polar surface area (TPSA) is 33.4 Å². The highest BCUT2D eigenvalue weighted by Gasteiger charge is 2.35. The average Bonchev–Trinajstić information content (AvgIpc) is 2.91. The number of furan rings is 1. The summed E-state index contributed by atoms with van der Waals surface area (Å²) in [6.45, 7) is 1.81. The summed E-state index contributed by atoms with van der Waals surface area (Å²) < 4.78 is 19.7. The summed E-state index contributed by atoms with van der Waals surface area (Å²) in [6, 6.07) is 15.5. The smallest absolute Gasteiger partial charge is 0.150 e. The Morgan fingerprint density at radius 1 is 1.10 bits per heavy atom. The number of fused-ring (bicyclic) bond motifs is 1. The average molecular weight is 270 g/mol. The molecule has 20 heavy (non-hydrogen) atoms. The number of halogens is 1. The van der Waals surface area contributed by atoms with Crippen LogP contribution in [0.2, 0.25) is 0 Å². The van der Waals surface area contributed by atoms with E-state index < -0.39 is 11.4 Å². The van der Waals surface area contributed by atoms with E-state index in [0.717, 1.165) is 5.39 Å². The Bertz CT molecular complexity index is 714. The van der Waals surface area contributed by atoms with Crippen molar-refractivity contribution in [1.29, 1.82) is 0 Å². The van der Waals surface area contributed by atoms with Gasteiger partial charge in [-0.25, -0.2) is 4.39 Å². The van der Waals surface area contributed by atoms with Crippen LogP contribution in [0.3, 0.4) is 0 Å². The maximum Gasteiger partial charge on any atom is 0.150 e. The zero-order chi connectivity index (χ0) is 14.2. The minimum atomic E-state index is -1.45. The molecule has 1 aromatic heterocycles. The van der Waals surface area contributed by atoms with Crippen LogP contribution in [0.1, 0.15) is 24.7 Å². The van der Waals surface area contributed by atoms with Crippen LogP contribution >= 0.6 is 0 Å². The van der Waals surface area contributed by atoms with E-state index in [9.17, 15) is 9.50 Å². The van der Waals surface area contributed by atoms with Gasteiger partial charge in [-0.3, -0.25) is 0 Å². The Labute approximate surface area is 116 Å². The van der Waals surface area contributed by atoms with Crippen LogP contribution in [0.5, 0.6) is 0 Å². The molecule has 0 bridgehead atoms. The van der Waals surface area contributed by atoms with Crippen molar-refractivity contribution in [3.05, 3.63) is 71.7 Å². The molecule has 0 aliphatic carbocycles. The van der Waals surface area contributed by atoms with Crippen molar-refractivity contribution >= 4 is 11.0 Å². The van der Waals surface area contributed by atoms with E-state index in [-0.39, 0.29) is 5.56 Å². The molecule has 0 aliphatic rings. The van der Waals surface area contributed by atoms with E-state index in [0.29, 0.717) is 17.8 Å². The van der Waals surface area contributed by atoms with Gasteiger partial charge in [0.25, 0.3) is 0 Å². The van der Waals surface area contributed by atoms with Gasteiger partial charge in [0.2, 0.25) is 0 Å². The van der Waals surface area contributed by atoms with Crippen molar-refractivity contribution in [3.63, 3.8) is 0 Å². The lowest BCUT2D eigenvalue weighted by molar-refractivity contribution is 0.0508. The highest BCUT2D eigenvalue weighted by atomic mass is 19.1. The molecule has 1 heterocycles. The van der Waals surface area contributed by atoms with Gasteiger partial charge in [0.05, 0.1) is 0 Å². The molecule has 0 radical (unpaired) electrons. The Hall–Kier alpha value is -2.13. The molecule has 2 aromatic carbocycles. The quantitative estimate of drug-likeness (QED) is 0.773. The summed E-state index contributed by atoms with van der Waals surface area (Å²) in [5.41, 5.74) is -0.531. The second kappa shape index (κ2) is 4.76. The van der Waals surface area contributed by atoms with Gasteiger partial charge in [-0.2, -0.15) is 0 Å². The summed E-state index contributed by atoms with van der Waals surface area (Å²) in [5.74, 6) is -0.0661. The van der Waals surface area contributed by atoms with E-state index in [4.69, 9.17) is 4.42 Å². The molecule has 3 heteroatoms. The van der Waals surface area contributed by atoms with Gasteiger partial charge in [0.1, 0.15) is 22.8 Å². The van der Waals surface area contributed by atoms with Crippen molar-refractivity contribution in [3.8, 4) is 0 Å². The molecule has 0 saturated heterocycles. The van der Waals surface area contributed by atoms with Crippen molar-refractivity contribution < 1.29 is 13.9 Å². The third-order valence-corrected chi connectivity index (χ3v) is 3.66. The lowest BCUT2D eigenvalue weighted by atomic mass is 9.88. The van der Waals surface area contributed by atoms with E-state index in [1.165, 1.54) is 6.07 Å². The Kier molecular flexibility index (Phi) is 3.07. The van der Waals surface area contributed by atoms with Gasteiger partial charge in [-0.1, -0.05) is 43.3 Å². The van der Waals surface area contributed by atoms with Crippen LogP contribution in [0.15, 0.2) is 59.0 Å². The Morgan fingerprint density at radius 2 is 1.80 bits per heavy atom. The normalized spacial score (nSPS) is 14.3. The van der Waals surface area contributed by atoms with Crippen LogP contribution < -0.4 is 0 Å². The molecule has 0 saturated carbocycles. The van der Waals surface area contributed by atoms with Crippen LogP contribution in [-0.2, 0) is 5.60 Å². The number of aliphatic hydroxyl groups is 1. The fourth-order valence-electron chi connectivity index (χ4n) is 2.48. The van der Waals surface area contributed by atoms with Gasteiger partial charge in [-0.05, 0) is 24.6 Å². The zero-order valence-electron chi connectivity index (χ0n) is 11.1. The number of hydrogen-bond acceptors (Lipinski definition) is 2. The third kappa shape index (κ3) is 1.91. The van der Waals surface area contributed by atoms with Gasteiger partial charge in [-0.15, -0.1) is 0 Å². The van der Waals surface area contributed by atoms with Crippen LogP contribution in [0.4, 0.5) is 4.39 Å². The largest absolute Gasteiger partial charge is 0.458 e. The number of hydrogen-bond donors (Lipinski definition) is 1. The van der Waals surface area contributed by atoms with E-state index in [2.05, 4.69) is 0 Å². The first-order chi connectivity index (χ1) is 9.65. The monoisotopic (exact) mass is 270 g/mol. The minimum Gasteiger partial charge on any atom is -0.458 e. The van der Waals surface area contributed by atoms with Crippen LogP contribution in [0, 0.1) is 5.82 Å². The number of para-hydroxylation sites is 1. The summed E-state index contributed by atoms with van der Waals surface area (Å²) >= 11 is 0. The predicted octanol–water partition coefficient (Wildman–Crippen LogP) is 4.22. The summed E-state index contributed by atoms with van der Waals surface area (Å²) in [5, 5.41) is 11.8. The molecule has 2 nitrogen and oxygen atoms in total. The molecule has 3 rings (SSSR count). The first-order valence-electron chi connectivity index (χ1n) is 6.61. The van der Waals surface area contributed by atoms with Crippen molar-refractivity contribution in [2.24, 2.45) is 0 Å². The van der Waals surface area contributed by atoms with Crippen molar-refractivity contribution in [2.45, 2.75) is 18.9 Å². The maximum absolute atomic E-state index is 14.0. The molecule has 1 unspecified atom stereocenters. The van der Waals surface area contributed by atoms with Crippen LogP contribution in [0.25, 0.3) is 11.0 Å². The predicted molar refractivity (Wildman–Crippen MR) is 75.9 cm³/mol. The highest BCUT2D eigenvalue weighted by molar-refractivity contribution is 5.78. The van der Waals surface area contributed by atoms with Crippen molar-refractivity contribution in [1.82, 2.24) is 0 Å². The summed E-state index contributed by atoms with van der Waals surface area (Å²) in [7, 11) is 0. The highest BCUT2D eigenvalue weighted by Crippen LogP contribution is 2.37. The van der Waals surface area contributed by atoms with Gasteiger partial charge in [0.15, 0.2) is 0 Å². The van der Waals surface area contributed by atoms with Crippen LogP contribution in [-0.4, -0.2) is 5.11 Å². The van der Waals surface area contributed by atoms with Gasteiger partial charge in [0, 0.05) is 10.9 Å². The molecule has 102 valence electrons. The first-order valence-corrected chi connectivity index (χ1v) is 6.61. The Balaban J connectivity index is 2.19. The molecular weight excluding hydrogens is 255 g/mol. The second-order valence-corrected chi connectivity index (χ2v) is 4.84. The summed E-state index contributed by atoms with van der Waals surface area (Å²) in [6.07, 6.45) is 0.327. The minimum absolute atomic E-state index is 0.238. The Morgan fingerprint density at radius 3 is 2.50 bits per heavy atom. The third-order valence-electron chi connectivity index (χ3n) is 3.66. The molecule has 3 aromatic rings. The standard InChI is InChI=1S/C17H15FO2/c1-2-17(19,13-8-4-5-9-14(13)18)16-11-12-7-3-6-10-15(12)20-16/h3-11,19H,2H2,1H3. The number of benzene rings is 2. The molecule has 0 aliphatic heterocycles.